The highest BCUT2D eigenvalue weighted by molar-refractivity contribution is 8.76. The first-order valence-electron chi connectivity index (χ1n) is 3.75. The molecule has 0 aliphatic rings. The Morgan fingerprint density at radius 1 is 1.40 bits per heavy atom. The van der Waals surface area contributed by atoms with Gasteiger partial charge in [-0.25, -0.2) is 4.79 Å². The molecule has 0 radical (unpaired) electrons. The molecule has 0 saturated carbocycles. The van der Waals surface area contributed by atoms with Crippen LogP contribution in [-0.2, 0) is 9.59 Å². The van der Waals surface area contributed by atoms with Crippen LogP contribution >= 0.6 is 34.2 Å². The minimum Gasteiger partial charge on any atom is -0.480 e. The predicted octanol–water partition coefficient (Wildman–Crippen LogP) is -0.551. The van der Waals surface area contributed by atoms with E-state index in [2.05, 4.69) is 12.6 Å². The summed E-state index contributed by atoms with van der Waals surface area (Å²) in [6, 6.07) is -0.959. The lowest BCUT2D eigenvalue weighted by atomic mass is 10.4. The molecule has 6 nitrogen and oxygen atoms in total. The maximum Gasteiger partial charge on any atom is 0.334 e. The molecule has 0 aliphatic heterocycles. The molecule has 2 unspecified atom stereocenters. The van der Waals surface area contributed by atoms with Gasteiger partial charge in [0.05, 0.1) is 0 Å². The number of carbonyl (C=O) groups is 2. The Morgan fingerprint density at radius 3 is 2.33 bits per heavy atom. The fourth-order valence-corrected chi connectivity index (χ4v) is 3.15. The maximum atomic E-state index is 10.5. The number of aliphatic carboxylic acids is 2. The zero-order valence-electron chi connectivity index (χ0n) is 7.62. The number of carboxylic acid groups (broad SMARTS) is 2. The fourth-order valence-electron chi connectivity index (χ4n) is 0.386. The van der Waals surface area contributed by atoms with Crippen molar-refractivity contribution >= 4 is 46.2 Å². The highest BCUT2D eigenvalue weighted by atomic mass is 33.1. The van der Waals surface area contributed by atoms with Gasteiger partial charge >= 0.3 is 11.9 Å². The van der Waals surface area contributed by atoms with Gasteiger partial charge in [-0.15, -0.1) is 12.6 Å². The SMILES string of the molecule is NC(CSSCC(N)(S)C(=O)O)C(=O)O. The van der Waals surface area contributed by atoms with Gasteiger partial charge < -0.3 is 21.7 Å². The number of hydrogen-bond acceptors (Lipinski definition) is 7. The number of carboxylic acids is 2. The van der Waals surface area contributed by atoms with E-state index in [-0.39, 0.29) is 11.5 Å². The summed E-state index contributed by atoms with van der Waals surface area (Å²) in [6.45, 7) is 0. The molecule has 6 N–H and O–H groups in total. The second-order valence-corrected chi connectivity index (χ2v) is 6.03. The molecule has 0 heterocycles. The number of thiol groups is 1. The molecule has 0 aromatic rings. The Bertz CT molecular complexity index is 249. The average Bonchev–Trinajstić information content (AvgIpc) is 2.11. The van der Waals surface area contributed by atoms with Crippen LogP contribution in [0.25, 0.3) is 0 Å². The summed E-state index contributed by atoms with van der Waals surface area (Å²) in [7, 11) is 2.28. The van der Waals surface area contributed by atoms with E-state index < -0.39 is 22.9 Å². The van der Waals surface area contributed by atoms with Gasteiger partial charge in [-0.1, -0.05) is 21.6 Å². The lowest BCUT2D eigenvalue weighted by Crippen LogP contribution is -2.44. The Labute approximate surface area is 100.0 Å². The van der Waals surface area contributed by atoms with E-state index in [1.165, 1.54) is 0 Å². The number of hydrogen-bond donors (Lipinski definition) is 5. The minimum absolute atomic E-state index is 0.0580. The molecular weight excluding hydrogens is 260 g/mol. The van der Waals surface area contributed by atoms with E-state index in [0.717, 1.165) is 21.6 Å². The van der Waals surface area contributed by atoms with Gasteiger partial charge in [0.1, 0.15) is 6.04 Å². The van der Waals surface area contributed by atoms with Crippen LogP contribution in [0.5, 0.6) is 0 Å². The van der Waals surface area contributed by atoms with Crippen LogP contribution in [0.1, 0.15) is 0 Å². The van der Waals surface area contributed by atoms with Crippen LogP contribution in [0, 0.1) is 0 Å². The molecule has 0 saturated heterocycles. The summed E-state index contributed by atoms with van der Waals surface area (Å²) in [4.78, 5) is 19.2. The molecule has 0 amide bonds. The molecule has 0 rings (SSSR count). The normalized spacial score (nSPS) is 16.7. The second-order valence-electron chi connectivity index (χ2n) is 2.72. The van der Waals surface area contributed by atoms with Gasteiger partial charge in [0.15, 0.2) is 4.87 Å². The van der Waals surface area contributed by atoms with E-state index >= 15 is 0 Å². The third-order valence-corrected chi connectivity index (χ3v) is 4.36. The van der Waals surface area contributed by atoms with E-state index in [1.54, 1.807) is 0 Å². The first kappa shape index (κ1) is 14.9. The minimum atomic E-state index is -1.61. The quantitative estimate of drug-likeness (QED) is 0.181. The third kappa shape index (κ3) is 6.15. The molecule has 15 heavy (non-hydrogen) atoms. The van der Waals surface area contributed by atoms with Crippen molar-refractivity contribution in [1.82, 2.24) is 0 Å². The summed E-state index contributed by atoms with van der Waals surface area (Å²) in [5, 5.41) is 17.0. The summed E-state index contributed by atoms with van der Waals surface area (Å²) < 4.78 is 0. The highest BCUT2D eigenvalue weighted by Crippen LogP contribution is 2.26. The molecule has 0 aromatic heterocycles. The molecule has 0 aliphatic carbocycles. The van der Waals surface area contributed by atoms with Gasteiger partial charge in [0.2, 0.25) is 0 Å². The van der Waals surface area contributed by atoms with Gasteiger partial charge in [-0.2, -0.15) is 0 Å². The molecular formula is C6H12N2O4S3. The second kappa shape index (κ2) is 6.48. The number of rotatable bonds is 7. The molecule has 0 aromatic carbocycles. The molecule has 2 atom stereocenters. The Balaban J connectivity index is 3.72. The zero-order valence-corrected chi connectivity index (χ0v) is 10.1. The van der Waals surface area contributed by atoms with Crippen molar-refractivity contribution in [3.05, 3.63) is 0 Å². The van der Waals surface area contributed by atoms with Crippen molar-refractivity contribution < 1.29 is 19.8 Å². The van der Waals surface area contributed by atoms with E-state index in [1.807, 2.05) is 0 Å². The Kier molecular flexibility index (Phi) is 6.44. The summed E-state index contributed by atoms with van der Waals surface area (Å²) in [5.41, 5.74) is 10.5. The van der Waals surface area contributed by atoms with Gasteiger partial charge in [-0.05, 0) is 0 Å². The largest absolute Gasteiger partial charge is 0.480 e. The Hall–Kier alpha value is -0.0900. The average molecular weight is 272 g/mol. The monoisotopic (exact) mass is 272 g/mol. The molecule has 0 spiro atoms. The van der Waals surface area contributed by atoms with E-state index in [4.69, 9.17) is 21.7 Å². The van der Waals surface area contributed by atoms with Crippen molar-refractivity contribution in [1.29, 1.82) is 0 Å². The van der Waals surface area contributed by atoms with Gasteiger partial charge in [-0.3, -0.25) is 4.79 Å². The van der Waals surface area contributed by atoms with Gasteiger partial charge in [0.25, 0.3) is 0 Å². The van der Waals surface area contributed by atoms with Crippen molar-refractivity contribution in [3.8, 4) is 0 Å². The molecule has 9 heteroatoms. The first-order chi connectivity index (χ1) is 6.77. The zero-order chi connectivity index (χ0) is 12.1. The highest BCUT2D eigenvalue weighted by Gasteiger charge is 2.29. The van der Waals surface area contributed by atoms with E-state index in [9.17, 15) is 9.59 Å². The predicted molar refractivity (Wildman–Crippen MR) is 64.1 cm³/mol. The fraction of sp³-hybridized carbons (Fsp3) is 0.667. The maximum absolute atomic E-state index is 10.5. The third-order valence-electron chi connectivity index (χ3n) is 1.30. The van der Waals surface area contributed by atoms with E-state index in [0.29, 0.717) is 0 Å². The molecule has 88 valence electrons. The summed E-state index contributed by atoms with van der Waals surface area (Å²) in [6.07, 6.45) is 0. The van der Waals surface area contributed by atoms with Crippen LogP contribution in [-0.4, -0.2) is 44.6 Å². The van der Waals surface area contributed by atoms with Crippen LogP contribution in [0.2, 0.25) is 0 Å². The summed E-state index contributed by atoms with van der Waals surface area (Å²) in [5.74, 6) is -2.07. The molecule has 0 fully saturated rings. The summed E-state index contributed by atoms with van der Waals surface area (Å²) >= 11 is 3.74. The van der Waals surface area contributed by atoms with Crippen LogP contribution < -0.4 is 11.5 Å². The lowest BCUT2D eigenvalue weighted by molar-refractivity contribution is -0.139. The van der Waals surface area contributed by atoms with Crippen molar-refractivity contribution in [2.75, 3.05) is 11.5 Å². The topological polar surface area (TPSA) is 127 Å². The molecule has 0 bridgehead atoms. The van der Waals surface area contributed by atoms with Crippen molar-refractivity contribution in [3.63, 3.8) is 0 Å². The van der Waals surface area contributed by atoms with Crippen LogP contribution in [0.3, 0.4) is 0 Å². The number of nitrogens with two attached hydrogens (primary N) is 2. The lowest BCUT2D eigenvalue weighted by Gasteiger charge is -2.16. The van der Waals surface area contributed by atoms with Crippen molar-refractivity contribution in [2.24, 2.45) is 11.5 Å². The van der Waals surface area contributed by atoms with Crippen LogP contribution in [0.4, 0.5) is 0 Å². The smallest absolute Gasteiger partial charge is 0.334 e. The Morgan fingerprint density at radius 2 is 1.93 bits per heavy atom. The standard InChI is InChI=1S/C6H12N2O4S3/c7-3(4(9)10)1-14-15-2-6(8,13)5(11)12/h3,13H,1-2,7-8H2,(H,9,10)(H,11,12). The van der Waals surface area contributed by atoms with Crippen molar-refractivity contribution in [2.45, 2.75) is 10.9 Å². The first-order valence-corrected chi connectivity index (χ1v) is 6.68. The van der Waals surface area contributed by atoms with Gasteiger partial charge in [0, 0.05) is 11.5 Å². The van der Waals surface area contributed by atoms with Crippen LogP contribution in [0.15, 0.2) is 0 Å².